The fraction of sp³-hybridized carbons (Fsp3) is 0.727. The lowest BCUT2D eigenvalue weighted by Gasteiger charge is -2.26. The first-order valence-electron chi connectivity index (χ1n) is 12.0. The van der Waals surface area contributed by atoms with Crippen molar-refractivity contribution in [3.05, 3.63) is 0 Å². The smallest absolute Gasteiger partial charge is 0.326 e. The maximum atomic E-state index is 13.0. The minimum Gasteiger partial charge on any atom is -0.481 e. The average molecular weight is 548 g/mol. The van der Waals surface area contributed by atoms with Crippen molar-refractivity contribution >= 4 is 47.4 Å². The van der Waals surface area contributed by atoms with Crippen molar-refractivity contribution in [1.82, 2.24) is 16.0 Å². The van der Waals surface area contributed by atoms with Crippen LogP contribution >= 0.6 is 11.8 Å². The summed E-state index contributed by atoms with van der Waals surface area (Å²) in [4.78, 5) is 65.0. The van der Waals surface area contributed by atoms with Gasteiger partial charge in [-0.15, -0.1) is 0 Å². The molecule has 5 atom stereocenters. The fourth-order valence-corrected chi connectivity index (χ4v) is 3.65. The number of carbonyl (C=O) groups excluding carboxylic acids is 3. The van der Waals surface area contributed by atoms with Crippen LogP contribution < -0.4 is 33.2 Å². The topological polar surface area (TPSA) is 252 Å². The largest absolute Gasteiger partial charge is 0.481 e. The molecule has 0 aromatic heterocycles. The van der Waals surface area contributed by atoms with E-state index in [4.69, 9.17) is 22.3 Å². The highest BCUT2D eigenvalue weighted by Crippen LogP contribution is 2.10. The van der Waals surface area contributed by atoms with E-state index in [-0.39, 0.29) is 37.7 Å². The lowest BCUT2D eigenvalue weighted by molar-refractivity contribution is -0.143. The number of hydrogen-bond acceptors (Lipinski definition) is 8. The molecule has 11 N–H and O–H groups in total. The number of carboxylic acids is 2. The second kappa shape index (κ2) is 18.2. The molecule has 0 radical (unpaired) electrons. The monoisotopic (exact) mass is 547 g/mol. The molecule has 14 nitrogen and oxygen atoms in total. The first-order valence-corrected chi connectivity index (χ1v) is 13.4. The quantitative estimate of drug-likeness (QED) is 0.0528. The van der Waals surface area contributed by atoms with Crippen LogP contribution in [0.4, 0.5) is 0 Å². The van der Waals surface area contributed by atoms with Gasteiger partial charge in [0, 0.05) is 13.0 Å². The van der Waals surface area contributed by atoms with E-state index in [1.165, 1.54) is 11.8 Å². The van der Waals surface area contributed by atoms with Crippen molar-refractivity contribution in [2.45, 2.75) is 76.5 Å². The van der Waals surface area contributed by atoms with Gasteiger partial charge in [-0.2, -0.15) is 11.8 Å². The summed E-state index contributed by atoms with van der Waals surface area (Å²) in [5, 5.41) is 26.0. The number of hydrogen-bond donors (Lipinski definition) is 8. The molecule has 212 valence electrons. The Morgan fingerprint density at radius 3 is 2.00 bits per heavy atom. The molecular weight excluding hydrogens is 506 g/mol. The number of carboxylic acid groups (broad SMARTS) is 2. The van der Waals surface area contributed by atoms with E-state index >= 15 is 0 Å². The van der Waals surface area contributed by atoms with E-state index in [0.717, 1.165) is 0 Å². The summed E-state index contributed by atoms with van der Waals surface area (Å²) in [6, 6.07) is -4.52. The highest BCUT2D eigenvalue weighted by molar-refractivity contribution is 7.98. The van der Waals surface area contributed by atoms with Crippen LogP contribution in [-0.2, 0) is 24.0 Å². The molecular formula is C22H41N7O7S. The molecule has 0 saturated carbocycles. The molecule has 0 aliphatic carbocycles. The van der Waals surface area contributed by atoms with E-state index in [1.807, 2.05) is 0 Å². The average Bonchev–Trinajstić information content (AvgIpc) is 2.83. The van der Waals surface area contributed by atoms with E-state index in [0.29, 0.717) is 18.6 Å². The zero-order valence-electron chi connectivity index (χ0n) is 21.6. The van der Waals surface area contributed by atoms with Gasteiger partial charge in [-0.3, -0.25) is 24.2 Å². The van der Waals surface area contributed by atoms with Crippen LogP contribution in [0.3, 0.4) is 0 Å². The molecule has 3 amide bonds. The lowest BCUT2D eigenvalue weighted by Crippen LogP contribution is -2.57. The lowest BCUT2D eigenvalue weighted by atomic mass is 9.98. The number of guanidine groups is 1. The van der Waals surface area contributed by atoms with Gasteiger partial charge in [0.2, 0.25) is 17.7 Å². The third kappa shape index (κ3) is 14.3. The number of rotatable bonds is 19. The maximum absolute atomic E-state index is 13.0. The van der Waals surface area contributed by atoms with Gasteiger partial charge < -0.3 is 43.4 Å². The predicted molar refractivity (Wildman–Crippen MR) is 141 cm³/mol. The van der Waals surface area contributed by atoms with E-state index in [1.54, 1.807) is 20.1 Å². The molecule has 0 aromatic carbocycles. The van der Waals surface area contributed by atoms with Gasteiger partial charge >= 0.3 is 11.9 Å². The minimum atomic E-state index is -1.28. The van der Waals surface area contributed by atoms with E-state index in [2.05, 4.69) is 20.9 Å². The number of thioether (sulfide) groups is 1. The summed E-state index contributed by atoms with van der Waals surface area (Å²) in [7, 11) is 0. The van der Waals surface area contributed by atoms with Gasteiger partial charge in [0.1, 0.15) is 18.1 Å². The third-order valence-electron chi connectivity index (χ3n) is 5.60. The fourth-order valence-electron chi connectivity index (χ4n) is 3.18. The Bertz CT molecular complexity index is 808. The number of aliphatic carboxylic acids is 2. The predicted octanol–water partition coefficient (Wildman–Crippen LogP) is -1.43. The normalized spacial score (nSPS) is 14.8. The number of nitrogens with two attached hydrogens (primary N) is 3. The summed E-state index contributed by atoms with van der Waals surface area (Å²) < 4.78 is 0. The molecule has 0 aliphatic rings. The highest BCUT2D eigenvalue weighted by atomic mass is 32.2. The van der Waals surface area contributed by atoms with Crippen molar-refractivity contribution in [3.63, 3.8) is 0 Å². The summed E-state index contributed by atoms with van der Waals surface area (Å²) in [5.74, 6) is -4.48. The van der Waals surface area contributed by atoms with Crippen LogP contribution in [0.15, 0.2) is 4.99 Å². The summed E-state index contributed by atoms with van der Waals surface area (Å²) in [6.07, 6.45) is 2.45. The van der Waals surface area contributed by atoms with Crippen molar-refractivity contribution in [2.75, 3.05) is 18.6 Å². The molecule has 0 aromatic rings. The first-order chi connectivity index (χ1) is 17.3. The maximum Gasteiger partial charge on any atom is 0.326 e. The molecule has 0 bridgehead atoms. The number of aliphatic imine (C=N–C) groups is 1. The Hall–Kier alpha value is -3.07. The summed E-state index contributed by atoms with van der Waals surface area (Å²) in [6.45, 7) is 3.74. The van der Waals surface area contributed by atoms with Crippen LogP contribution in [0.5, 0.6) is 0 Å². The molecule has 0 heterocycles. The van der Waals surface area contributed by atoms with Crippen molar-refractivity contribution < 1.29 is 34.2 Å². The first kappa shape index (κ1) is 33.9. The zero-order chi connectivity index (χ0) is 28.5. The van der Waals surface area contributed by atoms with Gasteiger partial charge in [0.05, 0.1) is 6.04 Å². The Kier molecular flexibility index (Phi) is 16.7. The molecule has 0 rings (SSSR count). The van der Waals surface area contributed by atoms with Gasteiger partial charge in [-0.05, 0) is 43.6 Å². The molecule has 0 saturated heterocycles. The molecule has 0 fully saturated rings. The van der Waals surface area contributed by atoms with Gasteiger partial charge in [0.15, 0.2) is 5.96 Å². The Balaban J connectivity index is 5.49. The standard InChI is InChI=1S/C22H41N7O7S/c1-4-12(2)17(21(35)36)29-20(34)15(9-11-37-3)28-19(33)14(7-8-16(30)31)27-18(32)13(23)6-5-10-26-22(24)25/h12-15,17H,4-11,23H2,1-3H3,(H,27,32)(H,28,33)(H,29,34)(H,30,31)(H,35,36)(H4,24,25,26). The number of amides is 3. The van der Waals surface area contributed by atoms with Crippen LogP contribution in [0.2, 0.25) is 0 Å². The van der Waals surface area contributed by atoms with E-state index in [9.17, 15) is 29.1 Å². The van der Waals surface area contributed by atoms with Crippen molar-refractivity contribution in [3.8, 4) is 0 Å². The Labute approximate surface area is 220 Å². The van der Waals surface area contributed by atoms with Gasteiger partial charge in [0.25, 0.3) is 0 Å². The third-order valence-corrected chi connectivity index (χ3v) is 6.25. The summed E-state index contributed by atoms with van der Waals surface area (Å²) >= 11 is 1.42. The zero-order valence-corrected chi connectivity index (χ0v) is 22.4. The van der Waals surface area contributed by atoms with Crippen molar-refractivity contribution in [2.24, 2.45) is 28.1 Å². The van der Waals surface area contributed by atoms with Crippen LogP contribution in [-0.4, -0.2) is 88.6 Å². The molecule has 37 heavy (non-hydrogen) atoms. The Morgan fingerprint density at radius 1 is 0.919 bits per heavy atom. The van der Waals surface area contributed by atoms with Crippen LogP contribution in [0, 0.1) is 5.92 Å². The van der Waals surface area contributed by atoms with Gasteiger partial charge in [-0.25, -0.2) is 4.79 Å². The van der Waals surface area contributed by atoms with Gasteiger partial charge in [-0.1, -0.05) is 20.3 Å². The van der Waals surface area contributed by atoms with Crippen LogP contribution in [0.1, 0.15) is 52.4 Å². The van der Waals surface area contributed by atoms with Crippen LogP contribution in [0.25, 0.3) is 0 Å². The summed E-state index contributed by atoms with van der Waals surface area (Å²) in [5.41, 5.74) is 16.4. The molecule has 5 unspecified atom stereocenters. The molecule has 0 spiro atoms. The second-order valence-corrected chi connectivity index (χ2v) is 9.59. The number of nitrogens with zero attached hydrogens (tertiary/aromatic N) is 1. The van der Waals surface area contributed by atoms with E-state index < -0.39 is 60.2 Å². The second-order valence-electron chi connectivity index (χ2n) is 8.60. The minimum absolute atomic E-state index is 0.0951. The Morgan fingerprint density at radius 2 is 1.49 bits per heavy atom. The van der Waals surface area contributed by atoms with Crippen molar-refractivity contribution in [1.29, 1.82) is 0 Å². The highest BCUT2D eigenvalue weighted by Gasteiger charge is 2.31. The molecule has 15 heteroatoms. The molecule has 0 aliphatic heterocycles. The number of nitrogens with one attached hydrogen (secondary N) is 3. The number of carbonyl (C=O) groups is 5. The SMILES string of the molecule is CCC(C)C(NC(=O)C(CCSC)NC(=O)C(CCC(=O)O)NC(=O)C(N)CCCN=C(N)N)C(=O)O.